The van der Waals surface area contributed by atoms with Gasteiger partial charge in [0.15, 0.2) is 18.1 Å². The number of pyridine rings is 1. The second-order valence-electron chi connectivity index (χ2n) is 4.15. The van der Waals surface area contributed by atoms with E-state index in [4.69, 9.17) is 11.1 Å². The first-order valence-corrected chi connectivity index (χ1v) is 6.12. The van der Waals surface area contributed by atoms with Crippen molar-refractivity contribution in [2.24, 2.45) is 5.73 Å². The summed E-state index contributed by atoms with van der Waals surface area (Å²) in [4.78, 5) is 27.2. The molecule has 0 amide bonds. The molecular weight excluding hydrogens is 317 g/mol. The minimum Gasteiger partial charge on any atom is -0.454 e. The highest BCUT2D eigenvalue weighted by molar-refractivity contribution is 6.21. The summed E-state index contributed by atoms with van der Waals surface area (Å²) in [5.41, 5.74) is 2.28. The molecular formula is C13H13F3N4O3. The van der Waals surface area contributed by atoms with Gasteiger partial charge in [0.1, 0.15) is 11.4 Å². The number of halogens is 3. The molecule has 4 N–H and O–H groups in total. The molecule has 0 saturated carbocycles. The van der Waals surface area contributed by atoms with Gasteiger partial charge in [-0.3, -0.25) is 15.2 Å². The number of aromatic nitrogens is 1. The van der Waals surface area contributed by atoms with Gasteiger partial charge in [-0.1, -0.05) is 0 Å². The highest BCUT2D eigenvalue weighted by Gasteiger charge is 2.41. The highest BCUT2D eigenvalue weighted by Crippen LogP contribution is 2.22. The molecule has 0 saturated heterocycles. The maximum absolute atomic E-state index is 12.6. The Morgan fingerprint density at radius 3 is 2.39 bits per heavy atom. The topological polar surface area (TPSA) is 118 Å². The Balaban J connectivity index is 2.88. The van der Waals surface area contributed by atoms with Crippen LogP contribution in [0, 0.1) is 5.41 Å². The summed E-state index contributed by atoms with van der Waals surface area (Å²) >= 11 is 0. The third-order valence-corrected chi connectivity index (χ3v) is 2.61. The number of hydrogen-bond acceptors (Lipinski definition) is 7. The number of ether oxygens (including phenoxy) is 1. The Labute approximate surface area is 128 Å². The number of nitrogens with one attached hydrogen (secondary N) is 2. The molecule has 0 aromatic carbocycles. The van der Waals surface area contributed by atoms with Gasteiger partial charge >= 0.3 is 12.1 Å². The summed E-state index contributed by atoms with van der Waals surface area (Å²) in [7, 11) is 1.17. The second-order valence-corrected chi connectivity index (χ2v) is 4.15. The Kier molecular flexibility index (Phi) is 5.82. The fraction of sp³-hybridized carbons (Fsp3) is 0.231. The van der Waals surface area contributed by atoms with Crippen LogP contribution in [-0.2, 0) is 9.53 Å². The van der Waals surface area contributed by atoms with E-state index in [0.717, 1.165) is 0 Å². The van der Waals surface area contributed by atoms with Crippen LogP contribution < -0.4 is 11.1 Å². The van der Waals surface area contributed by atoms with E-state index in [1.807, 2.05) is 0 Å². The molecule has 1 rings (SSSR count). The van der Waals surface area contributed by atoms with Crippen LogP contribution in [0.1, 0.15) is 10.4 Å². The van der Waals surface area contributed by atoms with Gasteiger partial charge in [0, 0.05) is 25.0 Å². The van der Waals surface area contributed by atoms with Crippen LogP contribution in [0.2, 0.25) is 0 Å². The summed E-state index contributed by atoms with van der Waals surface area (Å²) in [6.07, 6.45) is -2.43. The third kappa shape index (κ3) is 4.80. The van der Waals surface area contributed by atoms with Crippen molar-refractivity contribution in [1.29, 1.82) is 5.41 Å². The summed E-state index contributed by atoms with van der Waals surface area (Å²) in [6.45, 7) is -0.797. The zero-order chi connectivity index (χ0) is 17.6. The van der Waals surface area contributed by atoms with E-state index in [9.17, 15) is 22.8 Å². The van der Waals surface area contributed by atoms with E-state index < -0.39 is 41.6 Å². The fourth-order valence-electron chi connectivity index (χ4n) is 1.44. The number of hydrogen-bond donors (Lipinski definition) is 3. The molecule has 0 bridgehead atoms. The van der Waals surface area contributed by atoms with Gasteiger partial charge < -0.3 is 15.8 Å². The van der Waals surface area contributed by atoms with Gasteiger partial charge in [0.25, 0.3) is 0 Å². The van der Waals surface area contributed by atoms with Gasteiger partial charge in [-0.25, -0.2) is 4.79 Å². The van der Waals surface area contributed by atoms with E-state index in [2.05, 4.69) is 15.0 Å². The van der Waals surface area contributed by atoms with Crippen molar-refractivity contribution in [3.05, 3.63) is 41.5 Å². The van der Waals surface area contributed by atoms with Crippen LogP contribution in [0.5, 0.6) is 0 Å². The van der Waals surface area contributed by atoms with E-state index in [1.54, 1.807) is 0 Å². The molecule has 1 aromatic rings. The van der Waals surface area contributed by atoms with Gasteiger partial charge in [-0.15, -0.1) is 0 Å². The van der Waals surface area contributed by atoms with Crippen LogP contribution in [-0.4, -0.2) is 42.3 Å². The maximum Gasteiger partial charge on any atom is 0.433 e. The van der Waals surface area contributed by atoms with Gasteiger partial charge in [-0.2, -0.15) is 13.2 Å². The molecule has 124 valence electrons. The molecule has 0 aliphatic rings. The van der Waals surface area contributed by atoms with Crippen molar-refractivity contribution in [2.75, 3.05) is 13.7 Å². The summed E-state index contributed by atoms with van der Waals surface area (Å²) < 4.78 is 42.3. The maximum atomic E-state index is 12.6. The van der Waals surface area contributed by atoms with Crippen molar-refractivity contribution < 1.29 is 27.5 Å². The van der Waals surface area contributed by atoms with Gasteiger partial charge in [0.2, 0.25) is 0 Å². The number of nitrogens with two attached hydrogens (primary N) is 1. The van der Waals surface area contributed by atoms with Crippen molar-refractivity contribution in [2.45, 2.75) is 6.18 Å². The molecule has 0 unspecified atom stereocenters. The summed E-state index contributed by atoms with van der Waals surface area (Å²) in [5.74, 6) is -2.85. The zero-order valence-corrected chi connectivity index (χ0v) is 11.9. The minimum absolute atomic E-state index is 0.172. The monoisotopic (exact) mass is 330 g/mol. The SMILES string of the molecule is CN/C(N)=C(\C(=N)C(F)(F)F)C(=O)OCC(=O)c1ccncc1. The molecule has 0 aliphatic heterocycles. The van der Waals surface area contributed by atoms with Crippen molar-refractivity contribution in [3.8, 4) is 0 Å². The first-order chi connectivity index (χ1) is 10.7. The molecule has 10 heteroatoms. The average Bonchev–Trinajstić information content (AvgIpc) is 2.52. The average molecular weight is 330 g/mol. The van der Waals surface area contributed by atoms with E-state index in [-0.39, 0.29) is 5.56 Å². The minimum atomic E-state index is -5.09. The molecule has 0 aliphatic carbocycles. The molecule has 7 nitrogen and oxygen atoms in total. The van der Waals surface area contributed by atoms with Crippen molar-refractivity contribution >= 4 is 17.5 Å². The first-order valence-electron chi connectivity index (χ1n) is 6.12. The number of ketones is 1. The number of carbonyl (C=O) groups excluding carboxylic acids is 2. The summed E-state index contributed by atoms with van der Waals surface area (Å²) in [5, 5.41) is 9.16. The van der Waals surface area contributed by atoms with Gasteiger partial charge in [-0.05, 0) is 12.1 Å². The Hall–Kier alpha value is -2.91. The number of rotatable bonds is 6. The predicted octanol–water partition coefficient (Wildman–Crippen LogP) is 0.779. The molecule has 0 spiro atoms. The van der Waals surface area contributed by atoms with E-state index in [0.29, 0.717) is 0 Å². The van der Waals surface area contributed by atoms with E-state index >= 15 is 0 Å². The highest BCUT2D eigenvalue weighted by atomic mass is 19.4. The Morgan fingerprint density at radius 2 is 1.91 bits per heavy atom. The van der Waals surface area contributed by atoms with Crippen molar-refractivity contribution in [3.63, 3.8) is 0 Å². The van der Waals surface area contributed by atoms with Gasteiger partial charge in [0.05, 0.1) is 0 Å². The van der Waals surface area contributed by atoms with Crippen LogP contribution in [0.4, 0.5) is 13.2 Å². The van der Waals surface area contributed by atoms with Crippen LogP contribution >= 0.6 is 0 Å². The lowest BCUT2D eigenvalue weighted by molar-refractivity contribution is -0.138. The number of Topliss-reactive ketones (excluding diaryl/α,β-unsaturated/α-hetero) is 1. The van der Waals surface area contributed by atoms with Crippen molar-refractivity contribution in [1.82, 2.24) is 10.3 Å². The first kappa shape index (κ1) is 18.1. The van der Waals surface area contributed by atoms with Crippen LogP contribution in [0.15, 0.2) is 35.9 Å². The number of esters is 1. The lowest BCUT2D eigenvalue weighted by Crippen LogP contribution is -2.34. The quantitative estimate of drug-likeness (QED) is 0.307. The Morgan fingerprint density at radius 1 is 1.35 bits per heavy atom. The standard InChI is InChI=1S/C13H13F3N4O3/c1-19-11(18)9(10(17)13(14,15)16)12(22)23-6-8(21)7-2-4-20-5-3-7/h2-5,17,19H,6,18H2,1H3/b11-9+,17-10?. The Bertz CT molecular complexity index is 642. The summed E-state index contributed by atoms with van der Waals surface area (Å²) in [6, 6.07) is 2.71. The lowest BCUT2D eigenvalue weighted by atomic mass is 10.1. The predicted molar refractivity (Wildman–Crippen MR) is 73.6 cm³/mol. The lowest BCUT2D eigenvalue weighted by Gasteiger charge is -2.14. The third-order valence-electron chi connectivity index (χ3n) is 2.61. The van der Waals surface area contributed by atoms with Crippen LogP contribution in [0.3, 0.4) is 0 Å². The molecule has 0 radical (unpaired) electrons. The van der Waals surface area contributed by atoms with Crippen LogP contribution in [0.25, 0.3) is 0 Å². The molecule has 0 fully saturated rings. The van der Waals surface area contributed by atoms with E-state index in [1.165, 1.54) is 31.6 Å². The molecule has 23 heavy (non-hydrogen) atoms. The molecule has 1 aromatic heterocycles. The number of carbonyl (C=O) groups is 2. The fourth-order valence-corrected chi connectivity index (χ4v) is 1.44. The molecule has 1 heterocycles. The largest absolute Gasteiger partial charge is 0.454 e. The normalized spacial score (nSPS) is 12.2. The number of alkyl halides is 3. The smallest absolute Gasteiger partial charge is 0.433 e. The zero-order valence-electron chi connectivity index (χ0n) is 11.9. The molecule has 0 atom stereocenters. The number of nitrogens with zero attached hydrogens (tertiary/aromatic N) is 1. The second kappa shape index (κ2) is 7.38.